The van der Waals surface area contributed by atoms with Crippen molar-refractivity contribution in [3.63, 3.8) is 0 Å². The number of methoxy groups -OCH3 is 1. The molecule has 0 atom stereocenters. The Hall–Kier alpha value is -1.92. The topological polar surface area (TPSA) is 81.4 Å². The van der Waals surface area contributed by atoms with Gasteiger partial charge in [0.15, 0.2) is 0 Å². The van der Waals surface area contributed by atoms with E-state index in [4.69, 9.17) is 22.1 Å². The van der Waals surface area contributed by atoms with Crippen LogP contribution in [0.3, 0.4) is 0 Å². The highest BCUT2D eigenvalue weighted by Crippen LogP contribution is 2.30. The minimum absolute atomic E-state index is 0.00820. The Balaban J connectivity index is 2.44. The first-order valence-electron chi connectivity index (χ1n) is 5.65. The van der Waals surface area contributed by atoms with E-state index in [2.05, 4.69) is 4.72 Å². The normalized spacial score (nSPS) is 11.1. The van der Waals surface area contributed by atoms with Crippen LogP contribution >= 0.6 is 11.6 Å². The number of anilines is 2. The van der Waals surface area contributed by atoms with Crippen LogP contribution in [0.25, 0.3) is 0 Å². The summed E-state index contributed by atoms with van der Waals surface area (Å²) in [5.74, 6) is 0.370. The lowest BCUT2D eigenvalue weighted by Crippen LogP contribution is -2.14. The highest BCUT2D eigenvalue weighted by molar-refractivity contribution is 7.92. The van der Waals surface area contributed by atoms with E-state index in [-0.39, 0.29) is 15.6 Å². The van der Waals surface area contributed by atoms with Gasteiger partial charge in [0.2, 0.25) is 0 Å². The van der Waals surface area contributed by atoms with Crippen molar-refractivity contribution in [2.24, 2.45) is 0 Å². The van der Waals surface area contributed by atoms with Crippen LogP contribution in [0.15, 0.2) is 47.4 Å². The van der Waals surface area contributed by atoms with Crippen LogP contribution in [0, 0.1) is 0 Å². The van der Waals surface area contributed by atoms with Crippen LogP contribution in [-0.2, 0) is 10.0 Å². The number of halogens is 1. The molecule has 106 valence electrons. The Morgan fingerprint density at radius 3 is 2.55 bits per heavy atom. The van der Waals surface area contributed by atoms with E-state index in [9.17, 15) is 8.42 Å². The maximum absolute atomic E-state index is 12.3. The lowest BCUT2D eigenvalue weighted by atomic mass is 10.2. The highest BCUT2D eigenvalue weighted by atomic mass is 35.5. The summed E-state index contributed by atoms with van der Waals surface area (Å²) in [5.41, 5.74) is 6.33. The number of nitrogen functional groups attached to an aromatic ring is 1. The fraction of sp³-hybridized carbons (Fsp3) is 0.0769. The second kappa shape index (κ2) is 5.60. The molecular formula is C13H13ClN2O3S. The van der Waals surface area contributed by atoms with Crippen LogP contribution in [0.1, 0.15) is 0 Å². The minimum Gasteiger partial charge on any atom is -0.495 e. The van der Waals surface area contributed by atoms with Crippen LogP contribution < -0.4 is 15.2 Å². The Morgan fingerprint density at radius 1 is 1.20 bits per heavy atom. The molecule has 0 aliphatic heterocycles. The molecule has 20 heavy (non-hydrogen) atoms. The van der Waals surface area contributed by atoms with E-state index in [0.29, 0.717) is 11.4 Å². The number of sulfonamides is 1. The zero-order valence-electron chi connectivity index (χ0n) is 10.6. The Morgan fingerprint density at radius 2 is 1.90 bits per heavy atom. The number of rotatable bonds is 4. The average Bonchev–Trinajstić information content (AvgIpc) is 2.39. The van der Waals surface area contributed by atoms with Crippen molar-refractivity contribution in [3.05, 3.63) is 47.5 Å². The highest BCUT2D eigenvalue weighted by Gasteiger charge is 2.19. The summed E-state index contributed by atoms with van der Waals surface area (Å²) in [4.78, 5) is -0.00820. The third kappa shape index (κ3) is 2.97. The van der Waals surface area contributed by atoms with Gasteiger partial charge in [-0.2, -0.15) is 0 Å². The van der Waals surface area contributed by atoms with Crippen LogP contribution in [0.5, 0.6) is 5.75 Å². The SMILES string of the molecule is COc1ccc(N)cc1NS(=O)(=O)c1ccccc1Cl. The number of hydrogen-bond donors (Lipinski definition) is 2. The third-order valence-corrected chi connectivity index (χ3v) is 4.46. The monoisotopic (exact) mass is 312 g/mol. The van der Waals surface area contributed by atoms with Gasteiger partial charge >= 0.3 is 0 Å². The third-order valence-electron chi connectivity index (χ3n) is 2.59. The molecule has 0 fully saturated rings. The predicted octanol–water partition coefficient (Wildman–Crippen LogP) is 2.73. The molecule has 0 amide bonds. The van der Waals surface area contributed by atoms with E-state index in [1.54, 1.807) is 24.3 Å². The molecule has 2 rings (SSSR count). The zero-order valence-corrected chi connectivity index (χ0v) is 12.2. The van der Waals surface area contributed by atoms with Gasteiger partial charge in [-0.15, -0.1) is 0 Å². The Labute approximate surface area is 122 Å². The summed E-state index contributed by atoms with van der Waals surface area (Å²) in [6.45, 7) is 0. The van der Waals surface area contributed by atoms with E-state index < -0.39 is 10.0 Å². The molecule has 0 spiro atoms. The average molecular weight is 313 g/mol. The molecule has 3 N–H and O–H groups in total. The van der Waals surface area contributed by atoms with Crippen molar-refractivity contribution in [1.29, 1.82) is 0 Å². The van der Waals surface area contributed by atoms with Crippen LogP contribution in [0.2, 0.25) is 5.02 Å². The number of ether oxygens (including phenoxy) is 1. The Bertz CT molecular complexity index is 732. The largest absolute Gasteiger partial charge is 0.495 e. The lowest BCUT2D eigenvalue weighted by Gasteiger charge is -2.13. The number of nitrogens with two attached hydrogens (primary N) is 1. The first-order chi connectivity index (χ1) is 9.44. The zero-order chi connectivity index (χ0) is 14.8. The predicted molar refractivity (Wildman–Crippen MR) is 79.7 cm³/mol. The standard InChI is InChI=1S/C13H13ClN2O3S/c1-19-12-7-6-9(15)8-11(12)16-20(17,18)13-5-3-2-4-10(13)14/h2-8,16H,15H2,1H3. The smallest absolute Gasteiger partial charge is 0.263 e. The molecule has 0 aliphatic rings. The van der Waals surface area contributed by atoms with Crippen molar-refractivity contribution < 1.29 is 13.2 Å². The van der Waals surface area contributed by atoms with Gasteiger partial charge in [0.1, 0.15) is 10.6 Å². The van der Waals surface area contributed by atoms with Crippen molar-refractivity contribution in [2.45, 2.75) is 4.90 Å². The molecule has 0 heterocycles. The minimum atomic E-state index is -3.81. The second-order valence-corrected chi connectivity index (χ2v) is 6.05. The molecule has 0 radical (unpaired) electrons. The van der Waals surface area contributed by atoms with Crippen molar-refractivity contribution in [3.8, 4) is 5.75 Å². The molecule has 0 bridgehead atoms. The summed E-state index contributed by atoms with van der Waals surface area (Å²) in [6, 6.07) is 10.9. The summed E-state index contributed by atoms with van der Waals surface area (Å²) in [6.07, 6.45) is 0. The van der Waals surface area contributed by atoms with Crippen molar-refractivity contribution >= 4 is 33.0 Å². The van der Waals surface area contributed by atoms with Crippen molar-refractivity contribution in [1.82, 2.24) is 0 Å². The molecular weight excluding hydrogens is 300 g/mol. The summed E-state index contributed by atoms with van der Waals surface area (Å²) >= 11 is 5.90. The number of nitrogens with one attached hydrogen (secondary N) is 1. The van der Waals surface area contributed by atoms with Gasteiger partial charge < -0.3 is 10.5 Å². The Kier molecular flexibility index (Phi) is 4.06. The number of hydrogen-bond acceptors (Lipinski definition) is 4. The maximum Gasteiger partial charge on any atom is 0.263 e. The second-order valence-electron chi connectivity index (χ2n) is 4.00. The lowest BCUT2D eigenvalue weighted by molar-refractivity contribution is 0.417. The van der Waals surface area contributed by atoms with Crippen LogP contribution in [-0.4, -0.2) is 15.5 Å². The van der Waals surface area contributed by atoms with Crippen LogP contribution in [0.4, 0.5) is 11.4 Å². The van der Waals surface area contributed by atoms with E-state index in [0.717, 1.165) is 0 Å². The molecule has 0 aliphatic carbocycles. The first-order valence-corrected chi connectivity index (χ1v) is 7.51. The fourth-order valence-electron chi connectivity index (χ4n) is 1.67. The number of benzene rings is 2. The van der Waals surface area contributed by atoms with Gasteiger partial charge in [0, 0.05) is 5.69 Å². The first kappa shape index (κ1) is 14.5. The van der Waals surface area contributed by atoms with E-state index >= 15 is 0 Å². The molecule has 2 aromatic carbocycles. The molecule has 0 unspecified atom stereocenters. The quantitative estimate of drug-likeness (QED) is 0.851. The van der Waals surface area contributed by atoms with Crippen molar-refractivity contribution in [2.75, 3.05) is 17.6 Å². The van der Waals surface area contributed by atoms with Gasteiger partial charge in [-0.1, -0.05) is 23.7 Å². The molecule has 5 nitrogen and oxygen atoms in total. The van der Waals surface area contributed by atoms with Gasteiger partial charge in [-0.25, -0.2) is 8.42 Å². The molecule has 7 heteroatoms. The molecule has 0 aromatic heterocycles. The van der Waals surface area contributed by atoms with Gasteiger partial charge in [0.25, 0.3) is 10.0 Å². The summed E-state index contributed by atoms with van der Waals surface area (Å²) in [5, 5.41) is 0.142. The van der Waals surface area contributed by atoms with Gasteiger partial charge in [0.05, 0.1) is 17.8 Å². The fourth-order valence-corrected chi connectivity index (χ4v) is 3.25. The van der Waals surface area contributed by atoms with Gasteiger partial charge in [-0.3, -0.25) is 4.72 Å². The van der Waals surface area contributed by atoms with E-state index in [1.165, 1.54) is 25.3 Å². The van der Waals surface area contributed by atoms with E-state index in [1.807, 2.05) is 0 Å². The maximum atomic E-state index is 12.3. The van der Waals surface area contributed by atoms with Gasteiger partial charge in [-0.05, 0) is 30.3 Å². The summed E-state index contributed by atoms with van der Waals surface area (Å²) < 4.78 is 32.1. The molecule has 2 aromatic rings. The summed E-state index contributed by atoms with van der Waals surface area (Å²) in [7, 11) is -2.37. The molecule has 0 saturated carbocycles. The molecule has 0 saturated heterocycles.